The van der Waals surface area contributed by atoms with Crippen LogP contribution in [0.3, 0.4) is 0 Å². The third-order valence-electron chi connectivity index (χ3n) is 3.50. The molecule has 0 aliphatic carbocycles. The van der Waals surface area contributed by atoms with E-state index in [0.29, 0.717) is 25.5 Å². The Kier molecular flexibility index (Phi) is 4.91. The van der Waals surface area contributed by atoms with Gasteiger partial charge < -0.3 is 14.5 Å². The minimum absolute atomic E-state index is 0.114. The number of hydrogen-bond donors (Lipinski definition) is 0. The largest absolute Gasteiger partial charge is 0.444 e. The summed E-state index contributed by atoms with van der Waals surface area (Å²) in [5.74, 6) is 0.360. The lowest BCUT2D eigenvalue weighted by Gasteiger charge is -2.40. The maximum Gasteiger partial charge on any atom is 0.434 e. The molecule has 9 heteroatoms. The molecule has 1 saturated heterocycles. The molecule has 2 rings (SSSR count). The van der Waals surface area contributed by atoms with Crippen molar-refractivity contribution in [3.63, 3.8) is 0 Å². The molecule has 2 heterocycles. The van der Waals surface area contributed by atoms with Gasteiger partial charge in [0.05, 0.1) is 12.4 Å². The maximum atomic E-state index is 12.5. The average molecular weight is 346 g/mol. The quantitative estimate of drug-likeness (QED) is 0.782. The molecule has 0 N–H and O–H groups in total. The monoisotopic (exact) mass is 346 g/mol. The molecular formula is C15H21F3N4O2. The molecule has 1 aliphatic rings. The number of alkyl halides is 3. The van der Waals surface area contributed by atoms with Gasteiger partial charge >= 0.3 is 12.3 Å². The first kappa shape index (κ1) is 18.3. The number of anilines is 1. The Balaban J connectivity index is 2.02. The fraction of sp³-hybridized carbons (Fsp3) is 0.667. The van der Waals surface area contributed by atoms with Crippen molar-refractivity contribution >= 4 is 11.9 Å². The zero-order valence-corrected chi connectivity index (χ0v) is 14.1. The van der Waals surface area contributed by atoms with E-state index < -0.39 is 23.6 Å². The molecule has 134 valence electrons. The molecule has 0 spiro atoms. The molecule has 1 aromatic heterocycles. The highest BCUT2D eigenvalue weighted by Crippen LogP contribution is 2.28. The number of hydrogen-bond acceptors (Lipinski definition) is 5. The van der Waals surface area contributed by atoms with Crippen molar-refractivity contribution in [2.45, 2.75) is 45.5 Å². The predicted octanol–water partition coefficient (Wildman–Crippen LogP) is 2.94. The molecule has 1 amide bonds. The molecule has 0 radical (unpaired) electrons. The Bertz CT molecular complexity index is 584. The number of aromatic nitrogens is 2. The van der Waals surface area contributed by atoms with Gasteiger partial charge in [0.2, 0.25) is 0 Å². The third-order valence-corrected chi connectivity index (χ3v) is 3.50. The third kappa shape index (κ3) is 4.48. The van der Waals surface area contributed by atoms with Gasteiger partial charge in [0.25, 0.3) is 0 Å². The topological polar surface area (TPSA) is 58.6 Å². The number of ether oxygens (including phenoxy) is 1. The smallest absolute Gasteiger partial charge is 0.434 e. The van der Waals surface area contributed by atoms with E-state index in [1.54, 1.807) is 25.7 Å². The summed E-state index contributed by atoms with van der Waals surface area (Å²) in [6.07, 6.45) is -3.07. The highest BCUT2D eigenvalue weighted by atomic mass is 19.4. The molecule has 0 bridgehead atoms. The lowest BCUT2D eigenvalue weighted by molar-refractivity contribution is -0.141. The van der Waals surface area contributed by atoms with Crippen LogP contribution in [0.1, 0.15) is 33.4 Å². The minimum atomic E-state index is -4.51. The number of amides is 1. The summed E-state index contributed by atoms with van der Waals surface area (Å²) in [6, 6.07) is -0.114. The Hall–Kier alpha value is -2.06. The van der Waals surface area contributed by atoms with Gasteiger partial charge in [0.1, 0.15) is 11.4 Å². The van der Waals surface area contributed by atoms with Crippen molar-refractivity contribution in [2.75, 3.05) is 24.5 Å². The van der Waals surface area contributed by atoms with Gasteiger partial charge in [0, 0.05) is 25.7 Å². The molecule has 6 nitrogen and oxygen atoms in total. The number of rotatable bonds is 1. The van der Waals surface area contributed by atoms with Gasteiger partial charge in [-0.25, -0.2) is 14.8 Å². The van der Waals surface area contributed by atoms with Crippen LogP contribution in [-0.4, -0.2) is 52.2 Å². The summed E-state index contributed by atoms with van der Waals surface area (Å²) in [6.45, 7) is 8.50. The van der Waals surface area contributed by atoms with Crippen molar-refractivity contribution in [3.8, 4) is 0 Å². The summed E-state index contributed by atoms with van der Waals surface area (Å²) < 4.78 is 43.0. The van der Waals surface area contributed by atoms with Crippen LogP contribution in [0, 0.1) is 0 Å². The fourth-order valence-corrected chi connectivity index (χ4v) is 2.41. The number of halogens is 3. The van der Waals surface area contributed by atoms with Gasteiger partial charge in [-0.3, -0.25) is 0 Å². The second-order valence-corrected chi connectivity index (χ2v) is 6.73. The minimum Gasteiger partial charge on any atom is -0.444 e. The van der Waals surface area contributed by atoms with Crippen LogP contribution in [0.2, 0.25) is 0 Å². The summed E-state index contributed by atoms with van der Waals surface area (Å²) >= 11 is 0. The molecule has 1 atom stereocenters. The molecule has 24 heavy (non-hydrogen) atoms. The maximum absolute atomic E-state index is 12.5. The molecule has 0 aromatic carbocycles. The van der Waals surface area contributed by atoms with Crippen molar-refractivity contribution in [1.82, 2.24) is 14.9 Å². The number of nitrogens with zero attached hydrogens (tertiary/aromatic N) is 4. The average Bonchev–Trinajstić information content (AvgIpc) is 2.44. The van der Waals surface area contributed by atoms with Crippen LogP contribution < -0.4 is 4.90 Å². The lowest BCUT2D eigenvalue weighted by Crippen LogP contribution is -2.54. The van der Waals surface area contributed by atoms with Gasteiger partial charge in [0.15, 0.2) is 5.69 Å². The normalized spacial score (nSPS) is 19.4. The van der Waals surface area contributed by atoms with Crippen LogP contribution in [-0.2, 0) is 10.9 Å². The van der Waals surface area contributed by atoms with E-state index in [4.69, 9.17) is 4.74 Å². The van der Waals surface area contributed by atoms with Gasteiger partial charge in [-0.15, -0.1) is 0 Å². The Morgan fingerprint density at radius 3 is 2.33 bits per heavy atom. The van der Waals surface area contributed by atoms with Gasteiger partial charge in [-0.05, 0) is 27.7 Å². The molecule has 1 aromatic rings. The van der Waals surface area contributed by atoms with Crippen molar-refractivity contribution in [1.29, 1.82) is 0 Å². The second-order valence-electron chi connectivity index (χ2n) is 6.73. The summed E-state index contributed by atoms with van der Waals surface area (Å²) in [5, 5.41) is 0. The second kappa shape index (κ2) is 6.45. The van der Waals surface area contributed by atoms with Crippen LogP contribution in [0.15, 0.2) is 12.4 Å². The van der Waals surface area contributed by atoms with E-state index in [-0.39, 0.29) is 6.04 Å². The Morgan fingerprint density at radius 1 is 1.21 bits per heavy atom. The number of piperazine rings is 1. The van der Waals surface area contributed by atoms with Crippen LogP contribution in [0.5, 0.6) is 0 Å². The van der Waals surface area contributed by atoms with Gasteiger partial charge in [-0.2, -0.15) is 13.2 Å². The van der Waals surface area contributed by atoms with Crippen molar-refractivity contribution < 1.29 is 22.7 Å². The SMILES string of the molecule is CC1CN(C(=O)OC(C)(C)C)CCN1c1cnc(C(F)(F)F)cn1. The van der Waals surface area contributed by atoms with E-state index >= 15 is 0 Å². The predicted molar refractivity (Wildman–Crippen MR) is 81.6 cm³/mol. The first-order valence-electron chi connectivity index (χ1n) is 7.61. The van der Waals surface area contributed by atoms with Crippen LogP contribution in [0.4, 0.5) is 23.8 Å². The molecule has 1 aliphatic heterocycles. The molecular weight excluding hydrogens is 325 g/mol. The highest BCUT2D eigenvalue weighted by Gasteiger charge is 2.34. The zero-order valence-electron chi connectivity index (χ0n) is 14.1. The molecule has 1 unspecified atom stereocenters. The first-order chi connectivity index (χ1) is 11.0. The zero-order chi connectivity index (χ0) is 18.1. The van der Waals surface area contributed by atoms with E-state index in [2.05, 4.69) is 9.97 Å². The van der Waals surface area contributed by atoms with E-state index in [9.17, 15) is 18.0 Å². The van der Waals surface area contributed by atoms with Gasteiger partial charge in [-0.1, -0.05) is 0 Å². The van der Waals surface area contributed by atoms with Crippen LogP contribution >= 0.6 is 0 Å². The Morgan fingerprint density at radius 2 is 1.88 bits per heavy atom. The lowest BCUT2D eigenvalue weighted by atomic mass is 10.2. The molecule has 0 saturated carbocycles. The summed E-state index contributed by atoms with van der Waals surface area (Å²) in [7, 11) is 0. The summed E-state index contributed by atoms with van der Waals surface area (Å²) in [5.41, 5.74) is -1.60. The fourth-order valence-electron chi connectivity index (χ4n) is 2.41. The highest BCUT2D eigenvalue weighted by molar-refractivity contribution is 5.68. The van der Waals surface area contributed by atoms with E-state index in [0.717, 1.165) is 12.4 Å². The van der Waals surface area contributed by atoms with Crippen LogP contribution in [0.25, 0.3) is 0 Å². The van der Waals surface area contributed by atoms with E-state index in [1.807, 2.05) is 11.8 Å². The molecule has 1 fully saturated rings. The van der Waals surface area contributed by atoms with Crippen molar-refractivity contribution in [2.24, 2.45) is 0 Å². The first-order valence-corrected chi connectivity index (χ1v) is 7.61. The van der Waals surface area contributed by atoms with Crippen molar-refractivity contribution in [3.05, 3.63) is 18.1 Å². The number of carbonyl (C=O) groups excluding carboxylic acids is 1. The number of carbonyl (C=O) groups is 1. The summed E-state index contributed by atoms with van der Waals surface area (Å²) in [4.78, 5) is 22.8. The standard InChI is InChI=1S/C15H21F3N4O2/c1-10-9-21(13(23)24-14(2,3)4)5-6-22(10)12-8-19-11(7-20-12)15(16,17)18/h7-8,10H,5-6,9H2,1-4H3. The van der Waals surface area contributed by atoms with E-state index in [1.165, 1.54) is 0 Å². The Labute approximate surface area is 138 Å².